The minimum absolute atomic E-state index is 0.0796. The fraction of sp³-hybridized carbons (Fsp3) is 0.462. The second-order valence-electron chi connectivity index (χ2n) is 4.38. The Morgan fingerprint density at radius 2 is 2.25 bits per heavy atom. The summed E-state index contributed by atoms with van der Waals surface area (Å²) in [6.45, 7) is 4.41. The van der Waals surface area contributed by atoms with E-state index in [0.717, 1.165) is 5.56 Å². The van der Waals surface area contributed by atoms with Crippen LogP contribution in [0.5, 0.6) is 5.75 Å². The number of nitrogens with zero attached hydrogens (tertiary/aromatic N) is 1. The van der Waals surface area contributed by atoms with Gasteiger partial charge in [0.25, 0.3) is 0 Å². The number of nitro groups is 1. The van der Waals surface area contributed by atoms with Gasteiger partial charge in [-0.05, 0) is 25.1 Å². The van der Waals surface area contributed by atoms with Crippen LogP contribution in [-0.4, -0.2) is 30.0 Å². The van der Waals surface area contributed by atoms with Gasteiger partial charge in [-0.1, -0.05) is 13.0 Å². The second kappa shape index (κ2) is 7.44. The number of nitrogens with one attached hydrogen (secondary N) is 1. The van der Waals surface area contributed by atoms with Gasteiger partial charge in [-0.2, -0.15) is 0 Å². The molecule has 1 unspecified atom stereocenters. The molecule has 0 aliphatic rings. The van der Waals surface area contributed by atoms with Crippen molar-refractivity contribution >= 4 is 11.6 Å². The Kier molecular flexibility index (Phi) is 5.92. The van der Waals surface area contributed by atoms with E-state index >= 15 is 0 Å². The Balaban J connectivity index is 2.66. The minimum atomic E-state index is -0.496. The molecule has 110 valence electrons. The topological polar surface area (TPSA) is 107 Å². The molecule has 1 rings (SSSR count). The number of likely N-dealkylation sites (N-methyl/N-ethyl adjacent to an activating group) is 1. The highest BCUT2D eigenvalue weighted by atomic mass is 16.6. The zero-order valence-electron chi connectivity index (χ0n) is 11.6. The largest absolute Gasteiger partial charge is 0.487 e. The predicted octanol–water partition coefficient (Wildman–Crippen LogP) is 1.14. The lowest BCUT2D eigenvalue weighted by molar-refractivity contribution is -0.385. The zero-order valence-corrected chi connectivity index (χ0v) is 11.6. The number of hydrogen-bond acceptors (Lipinski definition) is 5. The molecule has 7 heteroatoms. The van der Waals surface area contributed by atoms with E-state index in [4.69, 9.17) is 10.5 Å². The van der Waals surface area contributed by atoms with Crippen LogP contribution in [0.25, 0.3) is 0 Å². The summed E-state index contributed by atoms with van der Waals surface area (Å²) in [5, 5.41) is 13.8. The molecule has 0 aliphatic carbocycles. The van der Waals surface area contributed by atoms with Crippen LogP contribution in [0.4, 0.5) is 5.69 Å². The summed E-state index contributed by atoms with van der Waals surface area (Å²) in [6.07, 6.45) is 0.355. The standard InChI is InChI=1S/C13H19N3O4/c1-3-15-10(13(14)17)6-7-20-12-5-4-9(2)8-11(12)16(18)19/h4-5,8,10,15H,3,6-7H2,1-2H3,(H2,14,17). The number of nitrogens with two attached hydrogens (primary N) is 1. The number of rotatable bonds is 8. The fourth-order valence-electron chi connectivity index (χ4n) is 1.77. The number of amides is 1. The molecule has 7 nitrogen and oxygen atoms in total. The van der Waals surface area contributed by atoms with Crippen LogP contribution in [0, 0.1) is 17.0 Å². The highest BCUT2D eigenvalue weighted by Crippen LogP contribution is 2.27. The average molecular weight is 281 g/mol. The number of primary amides is 1. The summed E-state index contributed by atoms with van der Waals surface area (Å²) in [4.78, 5) is 21.6. The van der Waals surface area contributed by atoms with E-state index in [2.05, 4.69) is 5.32 Å². The maximum Gasteiger partial charge on any atom is 0.311 e. The molecular weight excluding hydrogens is 262 g/mol. The minimum Gasteiger partial charge on any atom is -0.487 e. The lowest BCUT2D eigenvalue weighted by atomic mass is 10.2. The summed E-state index contributed by atoms with van der Waals surface area (Å²) in [5.41, 5.74) is 5.94. The summed E-state index contributed by atoms with van der Waals surface area (Å²) >= 11 is 0. The highest BCUT2D eigenvalue weighted by molar-refractivity contribution is 5.79. The molecule has 1 amide bonds. The van der Waals surface area contributed by atoms with Gasteiger partial charge in [-0.3, -0.25) is 14.9 Å². The van der Waals surface area contributed by atoms with Gasteiger partial charge < -0.3 is 15.8 Å². The van der Waals surface area contributed by atoms with Crippen LogP contribution < -0.4 is 15.8 Å². The van der Waals surface area contributed by atoms with Gasteiger partial charge in [0, 0.05) is 12.5 Å². The number of carbonyl (C=O) groups is 1. The summed E-state index contributed by atoms with van der Waals surface area (Å²) in [7, 11) is 0. The third kappa shape index (κ3) is 4.51. The Labute approximate surface area is 117 Å². The molecule has 0 aliphatic heterocycles. The van der Waals surface area contributed by atoms with Crippen molar-refractivity contribution in [1.29, 1.82) is 0 Å². The van der Waals surface area contributed by atoms with Gasteiger partial charge in [0.05, 0.1) is 17.6 Å². The molecular formula is C13H19N3O4. The lowest BCUT2D eigenvalue weighted by Gasteiger charge is -2.14. The Morgan fingerprint density at radius 3 is 2.80 bits per heavy atom. The normalized spacial score (nSPS) is 11.9. The molecule has 1 aromatic carbocycles. The molecule has 0 heterocycles. The Bertz CT molecular complexity index is 491. The van der Waals surface area contributed by atoms with Crippen LogP contribution in [-0.2, 0) is 4.79 Å². The van der Waals surface area contributed by atoms with Crippen molar-refractivity contribution in [3.05, 3.63) is 33.9 Å². The highest BCUT2D eigenvalue weighted by Gasteiger charge is 2.17. The van der Waals surface area contributed by atoms with Crippen molar-refractivity contribution in [3.8, 4) is 5.75 Å². The number of benzene rings is 1. The van der Waals surface area contributed by atoms with Crippen molar-refractivity contribution in [2.45, 2.75) is 26.3 Å². The van der Waals surface area contributed by atoms with Crippen molar-refractivity contribution < 1.29 is 14.5 Å². The van der Waals surface area contributed by atoms with E-state index in [1.165, 1.54) is 6.07 Å². The van der Waals surface area contributed by atoms with E-state index in [1.807, 2.05) is 6.92 Å². The summed E-state index contributed by atoms with van der Waals surface area (Å²) in [6, 6.07) is 4.24. The maximum atomic E-state index is 11.1. The van der Waals surface area contributed by atoms with E-state index in [0.29, 0.717) is 13.0 Å². The summed E-state index contributed by atoms with van der Waals surface area (Å²) in [5.74, 6) is -0.269. The first kappa shape index (κ1) is 15.9. The smallest absolute Gasteiger partial charge is 0.311 e. The van der Waals surface area contributed by atoms with E-state index in [1.54, 1.807) is 19.1 Å². The maximum absolute atomic E-state index is 11.1. The van der Waals surface area contributed by atoms with Crippen LogP contribution in [0.1, 0.15) is 18.9 Å². The van der Waals surface area contributed by atoms with Gasteiger partial charge >= 0.3 is 5.69 Å². The van der Waals surface area contributed by atoms with Crippen molar-refractivity contribution in [2.75, 3.05) is 13.2 Å². The second-order valence-corrected chi connectivity index (χ2v) is 4.38. The molecule has 3 N–H and O–H groups in total. The number of nitro benzene ring substituents is 1. The first-order valence-corrected chi connectivity index (χ1v) is 6.36. The molecule has 0 bridgehead atoms. The van der Waals surface area contributed by atoms with E-state index < -0.39 is 16.9 Å². The van der Waals surface area contributed by atoms with Gasteiger partial charge in [-0.15, -0.1) is 0 Å². The van der Waals surface area contributed by atoms with Crippen LogP contribution in [0.2, 0.25) is 0 Å². The van der Waals surface area contributed by atoms with E-state index in [9.17, 15) is 14.9 Å². The number of hydrogen-bond donors (Lipinski definition) is 2. The molecule has 0 saturated heterocycles. The quantitative estimate of drug-likeness (QED) is 0.548. The molecule has 0 radical (unpaired) electrons. The zero-order chi connectivity index (χ0) is 15.1. The predicted molar refractivity (Wildman–Crippen MR) is 74.6 cm³/mol. The molecule has 1 aromatic rings. The number of carbonyl (C=O) groups excluding carboxylic acids is 1. The van der Waals surface area contributed by atoms with Gasteiger partial charge in [0.2, 0.25) is 5.91 Å². The van der Waals surface area contributed by atoms with Gasteiger partial charge in [0.1, 0.15) is 0 Å². The molecule has 0 saturated carbocycles. The molecule has 1 atom stereocenters. The number of aryl methyl sites for hydroxylation is 1. The molecule has 0 fully saturated rings. The van der Waals surface area contributed by atoms with Crippen molar-refractivity contribution in [1.82, 2.24) is 5.32 Å². The van der Waals surface area contributed by atoms with E-state index in [-0.39, 0.29) is 18.0 Å². The van der Waals surface area contributed by atoms with Crippen LogP contribution >= 0.6 is 0 Å². The van der Waals surface area contributed by atoms with Crippen molar-refractivity contribution in [3.63, 3.8) is 0 Å². The first-order valence-electron chi connectivity index (χ1n) is 6.36. The molecule has 20 heavy (non-hydrogen) atoms. The van der Waals surface area contributed by atoms with Crippen LogP contribution in [0.15, 0.2) is 18.2 Å². The molecule has 0 aromatic heterocycles. The third-order valence-electron chi connectivity index (χ3n) is 2.77. The van der Waals surface area contributed by atoms with Gasteiger partial charge in [0.15, 0.2) is 5.75 Å². The Morgan fingerprint density at radius 1 is 1.55 bits per heavy atom. The SMILES string of the molecule is CCNC(CCOc1ccc(C)cc1[N+](=O)[O-])C(N)=O. The van der Waals surface area contributed by atoms with Crippen molar-refractivity contribution in [2.24, 2.45) is 5.73 Å². The fourth-order valence-corrected chi connectivity index (χ4v) is 1.77. The average Bonchev–Trinajstić information content (AvgIpc) is 2.38. The Hall–Kier alpha value is -2.15. The molecule has 0 spiro atoms. The van der Waals surface area contributed by atoms with Crippen LogP contribution in [0.3, 0.4) is 0 Å². The lowest BCUT2D eigenvalue weighted by Crippen LogP contribution is -2.42. The number of ether oxygens (including phenoxy) is 1. The first-order chi connectivity index (χ1) is 9.45. The monoisotopic (exact) mass is 281 g/mol. The van der Waals surface area contributed by atoms with Gasteiger partial charge in [-0.25, -0.2) is 0 Å². The summed E-state index contributed by atoms with van der Waals surface area (Å²) < 4.78 is 5.39. The third-order valence-corrected chi connectivity index (χ3v) is 2.77.